The van der Waals surface area contributed by atoms with E-state index in [-0.39, 0.29) is 29.9 Å². The van der Waals surface area contributed by atoms with Crippen molar-refractivity contribution in [2.75, 3.05) is 7.11 Å². The van der Waals surface area contributed by atoms with Crippen molar-refractivity contribution in [2.24, 2.45) is 11.7 Å². The summed E-state index contributed by atoms with van der Waals surface area (Å²) in [4.78, 5) is 12.4. The maximum absolute atomic E-state index is 13.6. The van der Waals surface area contributed by atoms with Gasteiger partial charge in [-0.15, -0.1) is 0 Å². The van der Waals surface area contributed by atoms with E-state index in [1.165, 1.54) is 13.2 Å². The molecule has 4 heteroatoms. The molecule has 0 amide bonds. The minimum atomic E-state index is -0.428. The van der Waals surface area contributed by atoms with Crippen LogP contribution in [0.3, 0.4) is 0 Å². The van der Waals surface area contributed by atoms with Crippen LogP contribution in [0.5, 0.6) is 5.75 Å². The second kappa shape index (κ2) is 6.84. The monoisotopic (exact) mass is 279 g/mol. The standard InChI is InChI=1S/C16H22FNO2/c1-20-16-8-7-11(9-13(16)17)10-15(19)12-5-3-2-4-6-14(12)18/h7-9,12,14H,2-6,10,18H2,1H3. The number of hydrogen-bond acceptors (Lipinski definition) is 3. The summed E-state index contributed by atoms with van der Waals surface area (Å²) in [5.41, 5.74) is 6.78. The van der Waals surface area contributed by atoms with Crippen LogP contribution in [-0.2, 0) is 11.2 Å². The van der Waals surface area contributed by atoms with Crippen LogP contribution in [0.1, 0.15) is 37.7 Å². The van der Waals surface area contributed by atoms with Gasteiger partial charge in [-0.2, -0.15) is 0 Å². The Morgan fingerprint density at radius 1 is 1.35 bits per heavy atom. The van der Waals surface area contributed by atoms with Crippen molar-refractivity contribution in [3.05, 3.63) is 29.6 Å². The fourth-order valence-electron chi connectivity index (χ4n) is 2.89. The van der Waals surface area contributed by atoms with Crippen LogP contribution in [0.15, 0.2) is 18.2 Å². The Morgan fingerprint density at radius 2 is 2.10 bits per heavy atom. The molecule has 0 aromatic heterocycles. The molecule has 1 fully saturated rings. The summed E-state index contributed by atoms with van der Waals surface area (Å²) in [5, 5.41) is 0. The molecule has 2 unspecified atom stereocenters. The first-order chi connectivity index (χ1) is 9.61. The van der Waals surface area contributed by atoms with Crippen LogP contribution in [0.25, 0.3) is 0 Å². The Labute approximate surface area is 119 Å². The van der Waals surface area contributed by atoms with Gasteiger partial charge in [-0.1, -0.05) is 25.3 Å². The summed E-state index contributed by atoms with van der Waals surface area (Å²) in [6, 6.07) is 4.62. The fraction of sp³-hybridized carbons (Fsp3) is 0.562. The molecule has 1 aliphatic rings. The van der Waals surface area contributed by atoms with Crippen LogP contribution in [0.2, 0.25) is 0 Å². The van der Waals surface area contributed by atoms with Gasteiger partial charge in [0.2, 0.25) is 0 Å². The van der Waals surface area contributed by atoms with Crippen molar-refractivity contribution in [1.29, 1.82) is 0 Å². The van der Waals surface area contributed by atoms with Gasteiger partial charge in [0.25, 0.3) is 0 Å². The van der Waals surface area contributed by atoms with E-state index in [0.29, 0.717) is 5.56 Å². The van der Waals surface area contributed by atoms with Gasteiger partial charge in [0.15, 0.2) is 11.6 Å². The van der Waals surface area contributed by atoms with E-state index in [4.69, 9.17) is 10.5 Å². The summed E-state index contributed by atoms with van der Waals surface area (Å²) in [6.45, 7) is 0. The topological polar surface area (TPSA) is 52.3 Å². The minimum Gasteiger partial charge on any atom is -0.494 e. The molecule has 0 aliphatic heterocycles. The number of hydrogen-bond donors (Lipinski definition) is 1. The van der Waals surface area contributed by atoms with E-state index in [2.05, 4.69) is 0 Å². The number of carbonyl (C=O) groups excluding carboxylic acids is 1. The third kappa shape index (κ3) is 3.57. The lowest BCUT2D eigenvalue weighted by Gasteiger charge is -2.20. The second-order valence-corrected chi connectivity index (χ2v) is 5.52. The van der Waals surface area contributed by atoms with Gasteiger partial charge in [0.1, 0.15) is 5.78 Å². The first-order valence-corrected chi connectivity index (χ1v) is 7.22. The average molecular weight is 279 g/mol. The van der Waals surface area contributed by atoms with Crippen LogP contribution in [0.4, 0.5) is 4.39 Å². The Hall–Kier alpha value is -1.42. The number of ketones is 1. The summed E-state index contributed by atoms with van der Waals surface area (Å²) in [7, 11) is 1.42. The Bertz CT molecular complexity index is 476. The number of methoxy groups -OCH3 is 1. The molecule has 0 spiro atoms. The van der Waals surface area contributed by atoms with Gasteiger partial charge in [0.05, 0.1) is 7.11 Å². The average Bonchev–Trinajstić information content (AvgIpc) is 2.63. The van der Waals surface area contributed by atoms with Gasteiger partial charge in [-0.05, 0) is 30.5 Å². The summed E-state index contributed by atoms with van der Waals surface area (Å²) >= 11 is 0. The van der Waals surface area contributed by atoms with E-state index in [1.54, 1.807) is 12.1 Å². The third-order valence-corrected chi connectivity index (χ3v) is 4.08. The number of rotatable bonds is 4. The highest BCUT2D eigenvalue weighted by molar-refractivity contribution is 5.84. The molecule has 2 N–H and O–H groups in total. The molecule has 1 aromatic rings. The van der Waals surface area contributed by atoms with Crippen LogP contribution in [0, 0.1) is 11.7 Å². The minimum absolute atomic E-state index is 0.0481. The summed E-state index contributed by atoms with van der Waals surface area (Å²) in [5.74, 6) is -0.179. The van der Waals surface area contributed by atoms with Crippen molar-refractivity contribution < 1.29 is 13.9 Å². The molecule has 1 aromatic carbocycles. The molecule has 1 aliphatic carbocycles. The highest BCUT2D eigenvalue weighted by atomic mass is 19.1. The quantitative estimate of drug-likeness (QED) is 0.862. The predicted octanol–water partition coefficient (Wildman–Crippen LogP) is 2.85. The van der Waals surface area contributed by atoms with Crippen LogP contribution < -0.4 is 10.5 Å². The number of benzene rings is 1. The van der Waals surface area contributed by atoms with Crippen LogP contribution in [-0.4, -0.2) is 18.9 Å². The van der Waals surface area contributed by atoms with Crippen LogP contribution >= 0.6 is 0 Å². The highest BCUT2D eigenvalue weighted by Crippen LogP contribution is 2.25. The second-order valence-electron chi connectivity index (χ2n) is 5.52. The maximum atomic E-state index is 13.6. The van der Waals surface area contributed by atoms with Gasteiger partial charge in [-0.25, -0.2) is 4.39 Å². The zero-order valence-corrected chi connectivity index (χ0v) is 11.9. The number of Topliss-reactive ketones (excluding diaryl/α,β-unsaturated/α-hetero) is 1. The molecule has 0 radical (unpaired) electrons. The van der Waals surface area contributed by atoms with E-state index < -0.39 is 5.82 Å². The summed E-state index contributed by atoms with van der Waals surface area (Å²) < 4.78 is 18.5. The van der Waals surface area contributed by atoms with E-state index in [1.807, 2.05) is 0 Å². The van der Waals surface area contributed by atoms with Gasteiger partial charge < -0.3 is 10.5 Å². The lowest BCUT2D eigenvalue weighted by Crippen LogP contribution is -2.35. The third-order valence-electron chi connectivity index (χ3n) is 4.08. The molecule has 0 bridgehead atoms. The molecule has 0 heterocycles. The SMILES string of the molecule is COc1ccc(CC(=O)C2CCCCCC2N)cc1F. The van der Waals surface area contributed by atoms with Crippen molar-refractivity contribution in [3.63, 3.8) is 0 Å². The largest absolute Gasteiger partial charge is 0.494 e. The van der Waals surface area contributed by atoms with Crippen molar-refractivity contribution in [1.82, 2.24) is 0 Å². The first-order valence-electron chi connectivity index (χ1n) is 7.22. The van der Waals surface area contributed by atoms with Gasteiger partial charge >= 0.3 is 0 Å². The molecule has 3 nitrogen and oxygen atoms in total. The van der Waals surface area contributed by atoms with E-state index in [9.17, 15) is 9.18 Å². The Morgan fingerprint density at radius 3 is 2.80 bits per heavy atom. The Kier molecular flexibility index (Phi) is 5.12. The highest BCUT2D eigenvalue weighted by Gasteiger charge is 2.26. The molecular formula is C16H22FNO2. The van der Waals surface area contributed by atoms with Crippen molar-refractivity contribution >= 4 is 5.78 Å². The van der Waals surface area contributed by atoms with E-state index >= 15 is 0 Å². The van der Waals surface area contributed by atoms with Crippen molar-refractivity contribution in [2.45, 2.75) is 44.6 Å². The zero-order valence-electron chi connectivity index (χ0n) is 11.9. The predicted molar refractivity (Wildman–Crippen MR) is 76.2 cm³/mol. The normalized spacial score (nSPS) is 23.1. The maximum Gasteiger partial charge on any atom is 0.165 e. The van der Waals surface area contributed by atoms with Gasteiger partial charge in [0, 0.05) is 18.4 Å². The molecule has 20 heavy (non-hydrogen) atoms. The molecule has 0 saturated heterocycles. The molecule has 2 atom stereocenters. The number of carbonyl (C=O) groups is 1. The first kappa shape index (κ1) is 15.0. The lowest BCUT2D eigenvalue weighted by atomic mass is 9.88. The number of halogens is 1. The zero-order chi connectivity index (χ0) is 14.5. The van der Waals surface area contributed by atoms with Gasteiger partial charge in [-0.3, -0.25) is 4.79 Å². The molecule has 1 saturated carbocycles. The molecule has 110 valence electrons. The molecule has 2 rings (SSSR count). The van der Waals surface area contributed by atoms with E-state index in [0.717, 1.165) is 32.1 Å². The van der Waals surface area contributed by atoms with Crippen molar-refractivity contribution in [3.8, 4) is 5.75 Å². The fourth-order valence-corrected chi connectivity index (χ4v) is 2.89. The lowest BCUT2D eigenvalue weighted by molar-refractivity contribution is -0.123. The smallest absolute Gasteiger partial charge is 0.165 e. The number of ether oxygens (including phenoxy) is 1. The number of nitrogens with two attached hydrogens (primary N) is 1. The summed E-state index contributed by atoms with van der Waals surface area (Å²) in [6.07, 6.45) is 5.32. The molecular weight excluding hydrogens is 257 g/mol. The Balaban J connectivity index is 2.04.